The molecule has 1 atom stereocenters. The van der Waals surface area contributed by atoms with E-state index in [1.165, 1.54) is 9.21 Å². The van der Waals surface area contributed by atoms with Crippen LogP contribution in [0.4, 0.5) is 5.69 Å². The molecule has 0 saturated heterocycles. The Hall–Kier alpha value is -4.43. The van der Waals surface area contributed by atoms with Crippen molar-refractivity contribution in [2.75, 3.05) is 10.8 Å². The van der Waals surface area contributed by atoms with Gasteiger partial charge < -0.3 is 10.2 Å². The minimum absolute atomic E-state index is 0.0882. The second kappa shape index (κ2) is 14.6. The molecule has 4 rings (SSSR count). The van der Waals surface area contributed by atoms with E-state index in [0.717, 1.165) is 27.8 Å². The van der Waals surface area contributed by atoms with Gasteiger partial charge in [0, 0.05) is 19.0 Å². The molecule has 7 nitrogen and oxygen atoms in total. The summed E-state index contributed by atoms with van der Waals surface area (Å²) >= 11 is 0. The minimum atomic E-state index is -4.16. The smallest absolute Gasteiger partial charge is 0.264 e. The third-order valence-electron chi connectivity index (χ3n) is 7.70. The van der Waals surface area contributed by atoms with Crippen LogP contribution in [0.1, 0.15) is 47.2 Å². The van der Waals surface area contributed by atoms with Crippen molar-refractivity contribution in [3.8, 4) is 0 Å². The number of rotatable bonds is 12. The predicted molar refractivity (Wildman–Crippen MR) is 181 cm³/mol. The number of nitrogens with one attached hydrogen (secondary N) is 1. The predicted octanol–water partition coefficient (Wildman–Crippen LogP) is 6.28. The lowest BCUT2D eigenvalue weighted by atomic mass is 10.0. The van der Waals surface area contributed by atoms with Crippen molar-refractivity contribution in [2.24, 2.45) is 0 Å². The lowest BCUT2D eigenvalue weighted by Gasteiger charge is -2.34. The average Bonchev–Trinajstić information content (AvgIpc) is 3.00. The zero-order valence-electron chi connectivity index (χ0n) is 26.9. The summed E-state index contributed by atoms with van der Waals surface area (Å²) in [7, 11) is -4.16. The van der Waals surface area contributed by atoms with Crippen LogP contribution in [0.15, 0.2) is 102 Å². The number of amides is 2. The van der Waals surface area contributed by atoms with E-state index in [4.69, 9.17) is 0 Å². The topological polar surface area (TPSA) is 86.8 Å². The Kier molecular flexibility index (Phi) is 10.8. The largest absolute Gasteiger partial charge is 0.352 e. The van der Waals surface area contributed by atoms with Crippen LogP contribution < -0.4 is 9.62 Å². The maximum atomic E-state index is 14.6. The third-order valence-corrected chi connectivity index (χ3v) is 9.47. The highest BCUT2D eigenvalue weighted by Crippen LogP contribution is 2.29. The highest BCUT2D eigenvalue weighted by molar-refractivity contribution is 7.92. The van der Waals surface area contributed by atoms with E-state index in [-0.39, 0.29) is 29.8 Å². The van der Waals surface area contributed by atoms with Gasteiger partial charge in [-0.05, 0) is 82.0 Å². The monoisotopic (exact) mass is 625 g/mol. The fourth-order valence-corrected chi connectivity index (χ4v) is 6.63. The Labute approximate surface area is 268 Å². The van der Waals surface area contributed by atoms with E-state index >= 15 is 0 Å². The van der Waals surface area contributed by atoms with Crippen LogP contribution in [0.3, 0.4) is 0 Å². The van der Waals surface area contributed by atoms with E-state index in [2.05, 4.69) is 5.32 Å². The molecule has 0 bridgehead atoms. The Bertz CT molecular complexity index is 1720. The molecule has 0 fully saturated rings. The van der Waals surface area contributed by atoms with Crippen molar-refractivity contribution in [2.45, 2.75) is 71.5 Å². The van der Waals surface area contributed by atoms with Gasteiger partial charge in [0.1, 0.15) is 12.6 Å². The maximum Gasteiger partial charge on any atom is 0.264 e. The fourth-order valence-electron chi connectivity index (χ4n) is 5.16. The van der Waals surface area contributed by atoms with Crippen molar-refractivity contribution < 1.29 is 18.0 Å². The number of aryl methyl sites for hydroxylation is 4. The molecule has 236 valence electrons. The Morgan fingerprint density at radius 3 is 1.91 bits per heavy atom. The molecule has 4 aromatic rings. The van der Waals surface area contributed by atoms with Gasteiger partial charge in [-0.15, -0.1) is 0 Å². The number of anilines is 1. The first-order valence-electron chi connectivity index (χ1n) is 15.2. The molecule has 0 aliphatic heterocycles. The molecule has 45 heavy (non-hydrogen) atoms. The summed E-state index contributed by atoms with van der Waals surface area (Å²) in [4.78, 5) is 30.0. The number of hydrogen-bond donors (Lipinski definition) is 1. The van der Waals surface area contributed by atoms with E-state index < -0.39 is 28.5 Å². The molecular weight excluding hydrogens is 582 g/mol. The Morgan fingerprint density at radius 1 is 0.733 bits per heavy atom. The van der Waals surface area contributed by atoms with Gasteiger partial charge in [-0.3, -0.25) is 13.9 Å². The third kappa shape index (κ3) is 8.60. The first-order chi connectivity index (χ1) is 21.3. The van der Waals surface area contributed by atoms with E-state index in [1.54, 1.807) is 30.3 Å². The van der Waals surface area contributed by atoms with E-state index in [0.29, 0.717) is 11.3 Å². The molecular formula is C37H43N3O4S. The normalized spacial score (nSPS) is 12.1. The van der Waals surface area contributed by atoms with Gasteiger partial charge in [-0.25, -0.2) is 8.42 Å². The summed E-state index contributed by atoms with van der Waals surface area (Å²) in [5, 5.41) is 2.99. The molecule has 0 spiro atoms. The van der Waals surface area contributed by atoms with Gasteiger partial charge in [0.25, 0.3) is 10.0 Å². The number of carbonyl (C=O) groups is 2. The molecule has 2 amide bonds. The molecule has 0 heterocycles. The molecule has 0 saturated carbocycles. The number of carbonyl (C=O) groups excluding carboxylic acids is 2. The Balaban J connectivity index is 1.83. The first kappa shape index (κ1) is 33.5. The van der Waals surface area contributed by atoms with Crippen molar-refractivity contribution >= 4 is 27.5 Å². The van der Waals surface area contributed by atoms with Crippen LogP contribution in [0.25, 0.3) is 0 Å². The van der Waals surface area contributed by atoms with Gasteiger partial charge in [0.05, 0.1) is 10.6 Å². The van der Waals surface area contributed by atoms with Gasteiger partial charge in [0.2, 0.25) is 11.8 Å². The van der Waals surface area contributed by atoms with Crippen molar-refractivity contribution in [1.29, 1.82) is 0 Å². The maximum absolute atomic E-state index is 14.6. The van der Waals surface area contributed by atoms with Crippen LogP contribution in [-0.4, -0.2) is 43.8 Å². The minimum Gasteiger partial charge on any atom is -0.352 e. The number of benzene rings is 4. The van der Waals surface area contributed by atoms with Crippen LogP contribution in [-0.2, 0) is 32.6 Å². The van der Waals surface area contributed by atoms with Gasteiger partial charge in [0.15, 0.2) is 0 Å². The molecule has 8 heteroatoms. The van der Waals surface area contributed by atoms with Crippen LogP contribution in [0.5, 0.6) is 0 Å². The molecule has 0 unspecified atom stereocenters. The summed E-state index contributed by atoms with van der Waals surface area (Å²) in [6, 6.07) is 28.5. The number of sulfonamides is 1. The molecule has 0 aliphatic rings. The lowest BCUT2D eigenvalue weighted by molar-refractivity contribution is -0.140. The number of hydrogen-bond acceptors (Lipinski definition) is 4. The average molecular weight is 626 g/mol. The summed E-state index contributed by atoms with van der Waals surface area (Å²) in [5.41, 5.74) is 5.72. The van der Waals surface area contributed by atoms with Crippen molar-refractivity contribution in [3.05, 3.63) is 130 Å². The van der Waals surface area contributed by atoms with Crippen LogP contribution in [0, 0.1) is 27.7 Å². The van der Waals surface area contributed by atoms with E-state index in [1.807, 2.05) is 108 Å². The lowest BCUT2D eigenvalue weighted by Crippen LogP contribution is -2.54. The molecule has 1 N–H and O–H groups in total. The second-order valence-electron chi connectivity index (χ2n) is 12.0. The summed E-state index contributed by atoms with van der Waals surface area (Å²) in [5.74, 6) is -0.777. The van der Waals surface area contributed by atoms with Gasteiger partial charge in [-0.1, -0.05) is 90.0 Å². The first-order valence-corrected chi connectivity index (χ1v) is 16.6. The summed E-state index contributed by atoms with van der Waals surface area (Å²) in [6.45, 7) is 11.0. The van der Waals surface area contributed by atoms with Gasteiger partial charge >= 0.3 is 0 Å². The van der Waals surface area contributed by atoms with E-state index in [9.17, 15) is 18.0 Å². The van der Waals surface area contributed by atoms with Crippen molar-refractivity contribution in [3.63, 3.8) is 0 Å². The van der Waals surface area contributed by atoms with Crippen molar-refractivity contribution in [1.82, 2.24) is 10.2 Å². The second-order valence-corrected chi connectivity index (χ2v) is 13.9. The Morgan fingerprint density at radius 2 is 1.31 bits per heavy atom. The van der Waals surface area contributed by atoms with Gasteiger partial charge in [-0.2, -0.15) is 0 Å². The molecule has 4 aromatic carbocycles. The molecule has 0 aromatic heterocycles. The summed E-state index contributed by atoms with van der Waals surface area (Å²) < 4.78 is 29.7. The highest BCUT2D eigenvalue weighted by atomic mass is 32.2. The molecule has 0 radical (unpaired) electrons. The highest BCUT2D eigenvalue weighted by Gasteiger charge is 2.35. The zero-order chi connectivity index (χ0) is 32.7. The molecule has 0 aliphatic carbocycles. The SMILES string of the molecule is Cc1ccc(CN(C(=O)CN(c2cc(C)ccc2C)S(=O)(=O)c2ccc(C)cc2)[C@@H](Cc2ccccc2)C(=O)NC(C)C)cc1. The number of nitrogens with zero attached hydrogens (tertiary/aromatic N) is 2. The quantitative estimate of drug-likeness (QED) is 0.201. The summed E-state index contributed by atoms with van der Waals surface area (Å²) in [6.07, 6.45) is 0.269. The zero-order valence-corrected chi connectivity index (χ0v) is 27.8. The standard InChI is InChI=1S/C37H43N3O4S/c1-26(2)38-37(42)35(23-31-10-8-7-9-11-31)39(24-32-18-13-27(3)14-19-32)36(41)25-40(34-22-29(5)12-17-30(34)6)45(43,44)33-20-15-28(4)16-21-33/h7-22,26,35H,23-25H2,1-6H3,(H,38,42)/t35-/m0/s1. The van der Waals surface area contributed by atoms with Crippen LogP contribution in [0.2, 0.25) is 0 Å². The van der Waals surface area contributed by atoms with Crippen LogP contribution >= 0.6 is 0 Å². The fraction of sp³-hybridized carbons (Fsp3) is 0.297.